The van der Waals surface area contributed by atoms with Crippen molar-refractivity contribution in [3.8, 4) is 11.5 Å². The average Bonchev–Trinajstić information content (AvgIpc) is 2.52. The summed E-state index contributed by atoms with van der Waals surface area (Å²) in [5.74, 6) is 0.215. The number of alkyl halides is 2. The van der Waals surface area contributed by atoms with Crippen LogP contribution in [0.3, 0.4) is 0 Å². The van der Waals surface area contributed by atoms with Crippen LogP contribution in [0.15, 0.2) is 43.0 Å². The van der Waals surface area contributed by atoms with Crippen LogP contribution in [0.2, 0.25) is 10.0 Å². The number of aryl methyl sites for hydroxylation is 1. The summed E-state index contributed by atoms with van der Waals surface area (Å²) >= 11 is 11.7. The molecule has 0 aliphatic carbocycles. The highest BCUT2D eigenvalue weighted by molar-refractivity contribution is 6.34. The van der Waals surface area contributed by atoms with E-state index in [9.17, 15) is 8.78 Å². The number of hydrogen-bond acceptors (Lipinski definition) is 2. The van der Waals surface area contributed by atoms with Crippen molar-refractivity contribution < 1.29 is 18.3 Å². The van der Waals surface area contributed by atoms with E-state index in [4.69, 9.17) is 32.7 Å². The lowest BCUT2D eigenvalue weighted by molar-refractivity contribution is -0.122. The Labute approximate surface area is 149 Å². The molecule has 2 nitrogen and oxygen atoms in total. The van der Waals surface area contributed by atoms with Gasteiger partial charge in [-0.2, -0.15) is 8.78 Å². The number of halogens is 4. The molecule has 0 aliphatic heterocycles. The fraction of sp³-hybridized carbons (Fsp3) is 0.222. The van der Waals surface area contributed by atoms with E-state index in [1.807, 2.05) is 6.92 Å². The Morgan fingerprint density at radius 2 is 1.79 bits per heavy atom. The molecule has 2 aromatic carbocycles. The van der Waals surface area contributed by atoms with Crippen molar-refractivity contribution in [2.24, 2.45) is 0 Å². The second kappa shape index (κ2) is 7.41. The summed E-state index contributed by atoms with van der Waals surface area (Å²) in [7, 11) is 1.41. The number of para-hydroxylation sites is 1. The predicted molar refractivity (Wildman–Crippen MR) is 93.4 cm³/mol. The summed E-state index contributed by atoms with van der Waals surface area (Å²) in [6.07, 6.45) is -3.04. The van der Waals surface area contributed by atoms with E-state index >= 15 is 0 Å². The lowest BCUT2D eigenvalue weighted by atomic mass is 10.1. The quantitative estimate of drug-likeness (QED) is 0.596. The Morgan fingerprint density at radius 1 is 1.17 bits per heavy atom. The van der Waals surface area contributed by atoms with E-state index in [-0.39, 0.29) is 27.1 Å². The van der Waals surface area contributed by atoms with Crippen LogP contribution >= 0.6 is 23.2 Å². The molecule has 2 rings (SSSR count). The molecule has 0 fully saturated rings. The average molecular weight is 373 g/mol. The van der Waals surface area contributed by atoms with Gasteiger partial charge < -0.3 is 9.47 Å². The molecule has 0 spiro atoms. The molecule has 0 unspecified atom stereocenters. The standard InChI is InChI=1S/C18H16Cl2F2O2/c1-4-12-6-5-7-16(17(12)23-3)24-18(21,22)11(2)13-8-14(19)10-15(20)9-13/h5-10H,2,4H2,1,3H3. The third-order valence-electron chi connectivity index (χ3n) is 3.45. The summed E-state index contributed by atoms with van der Waals surface area (Å²) in [5, 5.41) is 0.472. The highest BCUT2D eigenvalue weighted by Gasteiger charge is 2.38. The Kier molecular flexibility index (Phi) is 5.73. The summed E-state index contributed by atoms with van der Waals surface area (Å²) in [6, 6.07) is 9.00. The first-order chi connectivity index (χ1) is 11.3. The zero-order valence-electron chi connectivity index (χ0n) is 13.2. The fourth-order valence-electron chi connectivity index (χ4n) is 2.25. The second-order valence-electron chi connectivity index (χ2n) is 5.06. The monoisotopic (exact) mass is 372 g/mol. The van der Waals surface area contributed by atoms with E-state index < -0.39 is 11.7 Å². The van der Waals surface area contributed by atoms with Gasteiger partial charge >= 0.3 is 6.11 Å². The van der Waals surface area contributed by atoms with Gasteiger partial charge in [-0.3, -0.25) is 0 Å². The molecular formula is C18H16Cl2F2O2. The maximum atomic E-state index is 14.5. The third kappa shape index (κ3) is 4.00. The van der Waals surface area contributed by atoms with Crippen molar-refractivity contribution in [3.05, 3.63) is 64.1 Å². The van der Waals surface area contributed by atoms with Gasteiger partial charge in [-0.25, -0.2) is 0 Å². The van der Waals surface area contributed by atoms with Crippen molar-refractivity contribution in [1.82, 2.24) is 0 Å². The Hall–Kier alpha value is -1.78. The van der Waals surface area contributed by atoms with Gasteiger partial charge in [-0.05, 0) is 41.8 Å². The summed E-state index contributed by atoms with van der Waals surface area (Å²) in [6.45, 7) is 5.34. The SMILES string of the molecule is C=C(c1cc(Cl)cc(Cl)c1)C(F)(F)Oc1cccc(CC)c1OC. The smallest absolute Gasteiger partial charge is 0.426 e. The molecule has 0 amide bonds. The lowest BCUT2D eigenvalue weighted by Crippen LogP contribution is -2.26. The van der Waals surface area contributed by atoms with Gasteiger partial charge in [0.25, 0.3) is 0 Å². The van der Waals surface area contributed by atoms with E-state index in [1.54, 1.807) is 12.1 Å². The first kappa shape index (κ1) is 18.6. The van der Waals surface area contributed by atoms with Gasteiger partial charge in [0.1, 0.15) is 0 Å². The Balaban J connectivity index is 2.36. The van der Waals surface area contributed by atoms with Crippen LogP contribution in [-0.4, -0.2) is 13.2 Å². The number of rotatable bonds is 6. The highest BCUT2D eigenvalue weighted by atomic mass is 35.5. The maximum Gasteiger partial charge on any atom is 0.426 e. The molecule has 24 heavy (non-hydrogen) atoms. The molecule has 0 saturated heterocycles. The van der Waals surface area contributed by atoms with E-state index in [2.05, 4.69) is 6.58 Å². The van der Waals surface area contributed by atoms with Crippen LogP contribution in [0, 0.1) is 0 Å². The maximum absolute atomic E-state index is 14.5. The van der Waals surface area contributed by atoms with Gasteiger partial charge in [0.2, 0.25) is 0 Å². The number of methoxy groups -OCH3 is 1. The van der Waals surface area contributed by atoms with Crippen molar-refractivity contribution in [2.75, 3.05) is 7.11 Å². The molecular weight excluding hydrogens is 357 g/mol. The van der Waals surface area contributed by atoms with Crippen LogP contribution < -0.4 is 9.47 Å². The van der Waals surface area contributed by atoms with Gasteiger partial charge in [-0.1, -0.05) is 48.8 Å². The van der Waals surface area contributed by atoms with Gasteiger partial charge in [-0.15, -0.1) is 0 Å². The first-order valence-corrected chi connectivity index (χ1v) is 7.92. The van der Waals surface area contributed by atoms with Gasteiger partial charge in [0.05, 0.1) is 12.7 Å². The van der Waals surface area contributed by atoms with Crippen LogP contribution in [0.5, 0.6) is 11.5 Å². The van der Waals surface area contributed by atoms with Crippen LogP contribution in [0.4, 0.5) is 8.78 Å². The largest absolute Gasteiger partial charge is 0.493 e. The van der Waals surface area contributed by atoms with Crippen molar-refractivity contribution in [1.29, 1.82) is 0 Å². The van der Waals surface area contributed by atoms with Crippen LogP contribution in [-0.2, 0) is 6.42 Å². The van der Waals surface area contributed by atoms with Crippen molar-refractivity contribution in [2.45, 2.75) is 19.5 Å². The van der Waals surface area contributed by atoms with E-state index in [1.165, 1.54) is 31.4 Å². The molecule has 128 valence electrons. The normalized spacial score (nSPS) is 11.2. The Morgan fingerprint density at radius 3 is 2.33 bits per heavy atom. The van der Waals surface area contributed by atoms with E-state index in [0.29, 0.717) is 6.42 Å². The Bertz CT molecular complexity index is 740. The zero-order chi connectivity index (χ0) is 17.9. The lowest BCUT2D eigenvalue weighted by Gasteiger charge is -2.22. The van der Waals surface area contributed by atoms with Gasteiger partial charge in [0, 0.05) is 10.0 Å². The molecule has 0 bridgehead atoms. The molecule has 0 atom stereocenters. The van der Waals surface area contributed by atoms with E-state index in [0.717, 1.165) is 5.56 Å². The second-order valence-corrected chi connectivity index (χ2v) is 5.93. The minimum atomic E-state index is -3.66. The fourth-order valence-corrected chi connectivity index (χ4v) is 2.77. The van der Waals surface area contributed by atoms with Crippen molar-refractivity contribution in [3.63, 3.8) is 0 Å². The molecule has 0 aromatic heterocycles. The van der Waals surface area contributed by atoms with Crippen LogP contribution in [0.1, 0.15) is 18.1 Å². The predicted octanol–water partition coefficient (Wildman–Crippen LogP) is 6.25. The molecule has 0 aliphatic rings. The first-order valence-electron chi connectivity index (χ1n) is 7.17. The molecule has 0 heterocycles. The number of ether oxygens (including phenoxy) is 2. The minimum absolute atomic E-state index is 0.0591. The number of benzene rings is 2. The molecule has 0 N–H and O–H groups in total. The summed E-state index contributed by atoms with van der Waals surface area (Å²) in [5.41, 5.74) is 0.321. The molecule has 6 heteroatoms. The van der Waals surface area contributed by atoms with Gasteiger partial charge in [0.15, 0.2) is 11.5 Å². The molecule has 0 saturated carbocycles. The topological polar surface area (TPSA) is 18.5 Å². The summed E-state index contributed by atoms with van der Waals surface area (Å²) < 4.78 is 39.2. The highest BCUT2D eigenvalue weighted by Crippen LogP contribution is 2.40. The van der Waals surface area contributed by atoms with Crippen molar-refractivity contribution >= 4 is 28.8 Å². The summed E-state index contributed by atoms with van der Waals surface area (Å²) in [4.78, 5) is 0. The van der Waals surface area contributed by atoms with Crippen LogP contribution in [0.25, 0.3) is 5.57 Å². The molecule has 2 aromatic rings. The molecule has 0 radical (unpaired) electrons. The number of hydrogen-bond donors (Lipinski definition) is 0. The minimum Gasteiger partial charge on any atom is -0.493 e. The zero-order valence-corrected chi connectivity index (χ0v) is 14.7. The third-order valence-corrected chi connectivity index (χ3v) is 3.88.